The van der Waals surface area contributed by atoms with Crippen molar-refractivity contribution < 1.29 is 0 Å². The topological polar surface area (TPSA) is 74.7 Å². The van der Waals surface area contributed by atoms with Crippen molar-refractivity contribution in [2.24, 2.45) is 0 Å². The molecule has 0 saturated heterocycles. The molecule has 1 heterocycles. The quantitative estimate of drug-likeness (QED) is 0.898. The lowest BCUT2D eigenvalue weighted by atomic mass is 10.1. The Balaban J connectivity index is 2.23. The van der Waals surface area contributed by atoms with Crippen LogP contribution in [0.4, 0.5) is 11.5 Å². The van der Waals surface area contributed by atoms with Crippen molar-refractivity contribution >= 4 is 34.7 Å². The van der Waals surface area contributed by atoms with E-state index >= 15 is 0 Å². The fraction of sp³-hybridized carbons (Fsp3) is 0.143. The number of aromatic nitrogens is 1. The fourth-order valence-electron chi connectivity index (χ4n) is 1.79. The van der Waals surface area contributed by atoms with Crippen molar-refractivity contribution in [2.45, 2.75) is 13.0 Å². The van der Waals surface area contributed by atoms with Crippen LogP contribution in [0.1, 0.15) is 24.2 Å². The molecule has 1 unspecified atom stereocenters. The Bertz CT molecular complexity index is 679. The number of pyridine rings is 1. The van der Waals surface area contributed by atoms with Crippen LogP contribution in [0.2, 0.25) is 10.0 Å². The molecule has 0 bridgehead atoms. The van der Waals surface area contributed by atoms with E-state index in [0.29, 0.717) is 21.6 Å². The molecular weight excluding hydrogens is 295 g/mol. The summed E-state index contributed by atoms with van der Waals surface area (Å²) in [4.78, 5) is 4.14. The highest BCUT2D eigenvalue weighted by Crippen LogP contribution is 2.28. The maximum atomic E-state index is 8.91. The highest BCUT2D eigenvalue weighted by atomic mass is 35.5. The molecule has 0 aliphatic heterocycles. The molecule has 2 rings (SSSR count). The second kappa shape index (κ2) is 6.00. The number of hydrogen-bond acceptors (Lipinski definition) is 4. The van der Waals surface area contributed by atoms with Crippen molar-refractivity contribution in [1.82, 2.24) is 4.98 Å². The number of benzene rings is 1. The predicted octanol–water partition coefficient (Wildman–Crippen LogP) is 4.02. The van der Waals surface area contributed by atoms with Crippen LogP contribution in [-0.4, -0.2) is 4.98 Å². The van der Waals surface area contributed by atoms with Gasteiger partial charge >= 0.3 is 0 Å². The van der Waals surface area contributed by atoms with E-state index in [1.807, 2.05) is 19.1 Å². The molecule has 0 saturated carbocycles. The van der Waals surface area contributed by atoms with Gasteiger partial charge in [-0.3, -0.25) is 0 Å². The fourth-order valence-corrected chi connectivity index (χ4v) is 2.36. The molecule has 0 aliphatic carbocycles. The minimum absolute atomic E-state index is 0.0811. The van der Waals surface area contributed by atoms with Crippen LogP contribution in [0, 0.1) is 11.3 Å². The van der Waals surface area contributed by atoms with E-state index in [-0.39, 0.29) is 11.7 Å². The molecule has 2 aromatic rings. The van der Waals surface area contributed by atoms with Crippen molar-refractivity contribution in [3.63, 3.8) is 0 Å². The molecule has 102 valence electrons. The van der Waals surface area contributed by atoms with Gasteiger partial charge < -0.3 is 11.1 Å². The van der Waals surface area contributed by atoms with Gasteiger partial charge in [0.1, 0.15) is 11.9 Å². The van der Waals surface area contributed by atoms with Gasteiger partial charge in [0.15, 0.2) is 5.69 Å². The number of anilines is 2. The number of rotatable bonds is 3. The van der Waals surface area contributed by atoms with E-state index < -0.39 is 0 Å². The van der Waals surface area contributed by atoms with Gasteiger partial charge in [0.25, 0.3) is 0 Å². The Morgan fingerprint density at radius 2 is 2.05 bits per heavy atom. The maximum Gasteiger partial charge on any atom is 0.165 e. The summed E-state index contributed by atoms with van der Waals surface area (Å²) in [7, 11) is 0. The van der Waals surface area contributed by atoms with Crippen LogP contribution in [0.5, 0.6) is 0 Å². The summed E-state index contributed by atoms with van der Waals surface area (Å²) in [5, 5.41) is 13.3. The summed E-state index contributed by atoms with van der Waals surface area (Å²) >= 11 is 12.0. The normalized spacial score (nSPS) is 11.7. The lowest BCUT2D eigenvalue weighted by Gasteiger charge is -2.16. The number of nitrogens with one attached hydrogen (secondary N) is 1. The predicted molar refractivity (Wildman–Crippen MR) is 81.9 cm³/mol. The van der Waals surface area contributed by atoms with Crippen LogP contribution in [-0.2, 0) is 0 Å². The van der Waals surface area contributed by atoms with Gasteiger partial charge in [0.2, 0.25) is 0 Å². The number of nitrogens with zero attached hydrogens (tertiary/aromatic N) is 2. The highest BCUT2D eigenvalue weighted by molar-refractivity contribution is 6.35. The van der Waals surface area contributed by atoms with E-state index in [4.69, 9.17) is 34.2 Å². The molecule has 1 aromatic carbocycles. The van der Waals surface area contributed by atoms with Crippen molar-refractivity contribution in [2.75, 3.05) is 11.1 Å². The first-order chi connectivity index (χ1) is 9.51. The number of nitrogens with two attached hydrogens (primary N) is 1. The van der Waals surface area contributed by atoms with E-state index in [0.717, 1.165) is 5.56 Å². The first-order valence-corrected chi connectivity index (χ1v) is 6.65. The van der Waals surface area contributed by atoms with Gasteiger partial charge in [-0.15, -0.1) is 0 Å². The van der Waals surface area contributed by atoms with Crippen LogP contribution < -0.4 is 11.1 Å². The van der Waals surface area contributed by atoms with E-state index in [9.17, 15) is 0 Å². The van der Waals surface area contributed by atoms with Crippen molar-refractivity contribution in [3.8, 4) is 6.07 Å². The summed E-state index contributed by atoms with van der Waals surface area (Å²) < 4.78 is 0. The smallest absolute Gasteiger partial charge is 0.165 e. The Labute approximate surface area is 127 Å². The number of nitrogen functional groups attached to an aromatic ring is 1. The van der Waals surface area contributed by atoms with E-state index in [1.54, 1.807) is 24.3 Å². The lowest BCUT2D eigenvalue weighted by molar-refractivity contribution is 0.874. The van der Waals surface area contributed by atoms with Gasteiger partial charge in [-0.25, -0.2) is 4.98 Å². The molecule has 0 spiro atoms. The second-order valence-electron chi connectivity index (χ2n) is 4.28. The van der Waals surface area contributed by atoms with Crippen LogP contribution >= 0.6 is 23.2 Å². The van der Waals surface area contributed by atoms with Gasteiger partial charge in [-0.2, -0.15) is 5.26 Å². The number of halogens is 2. The Morgan fingerprint density at radius 3 is 2.70 bits per heavy atom. The maximum absolute atomic E-state index is 8.91. The van der Waals surface area contributed by atoms with Crippen LogP contribution in [0.3, 0.4) is 0 Å². The summed E-state index contributed by atoms with van der Waals surface area (Å²) in [5.41, 5.74) is 7.09. The molecule has 20 heavy (non-hydrogen) atoms. The average Bonchev–Trinajstić information content (AvgIpc) is 2.40. The molecule has 6 heteroatoms. The molecule has 0 amide bonds. The number of hydrogen-bond donors (Lipinski definition) is 2. The van der Waals surface area contributed by atoms with Crippen LogP contribution in [0.25, 0.3) is 0 Å². The molecule has 4 nitrogen and oxygen atoms in total. The monoisotopic (exact) mass is 306 g/mol. The highest BCUT2D eigenvalue weighted by Gasteiger charge is 2.11. The third-order valence-corrected chi connectivity index (χ3v) is 3.39. The summed E-state index contributed by atoms with van der Waals surface area (Å²) in [6, 6.07) is 10.5. The Morgan fingerprint density at radius 1 is 1.30 bits per heavy atom. The summed E-state index contributed by atoms with van der Waals surface area (Å²) in [5.74, 6) is 0.564. The molecule has 0 aliphatic rings. The third-order valence-electron chi connectivity index (χ3n) is 2.83. The standard InChI is InChI=1S/C14H12Cl2N4/c1-8(10-3-2-9(15)6-11(10)16)19-14-5-4-12(18)13(7-17)20-14/h2-6,8H,18H2,1H3,(H,19,20). The zero-order valence-electron chi connectivity index (χ0n) is 10.7. The molecule has 1 aromatic heterocycles. The Hall–Kier alpha value is -1.96. The third kappa shape index (κ3) is 3.13. The van der Waals surface area contributed by atoms with Gasteiger partial charge in [0, 0.05) is 10.0 Å². The van der Waals surface area contributed by atoms with Crippen molar-refractivity contribution in [1.29, 1.82) is 5.26 Å². The second-order valence-corrected chi connectivity index (χ2v) is 5.12. The summed E-state index contributed by atoms with van der Waals surface area (Å²) in [6.45, 7) is 1.94. The van der Waals surface area contributed by atoms with Crippen molar-refractivity contribution in [3.05, 3.63) is 51.6 Å². The van der Waals surface area contributed by atoms with E-state index in [1.165, 1.54) is 0 Å². The summed E-state index contributed by atoms with van der Waals surface area (Å²) in [6.07, 6.45) is 0. The van der Waals surface area contributed by atoms with Crippen LogP contribution in [0.15, 0.2) is 30.3 Å². The molecule has 1 atom stereocenters. The average molecular weight is 307 g/mol. The first-order valence-electron chi connectivity index (χ1n) is 5.89. The first kappa shape index (κ1) is 14.4. The molecule has 0 radical (unpaired) electrons. The lowest BCUT2D eigenvalue weighted by Crippen LogP contribution is -2.09. The zero-order chi connectivity index (χ0) is 14.7. The number of nitriles is 1. The molecule has 3 N–H and O–H groups in total. The largest absolute Gasteiger partial charge is 0.396 e. The molecule has 0 fully saturated rings. The SMILES string of the molecule is CC(Nc1ccc(N)c(C#N)n1)c1ccc(Cl)cc1Cl. The molecular formula is C14H12Cl2N4. The van der Waals surface area contributed by atoms with Gasteiger partial charge in [-0.1, -0.05) is 29.3 Å². The van der Waals surface area contributed by atoms with Gasteiger partial charge in [0.05, 0.1) is 11.7 Å². The van der Waals surface area contributed by atoms with Gasteiger partial charge in [-0.05, 0) is 36.8 Å². The zero-order valence-corrected chi connectivity index (χ0v) is 12.2. The van der Waals surface area contributed by atoms with E-state index in [2.05, 4.69) is 10.3 Å². The minimum atomic E-state index is -0.0811. The Kier molecular flexibility index (Phi) is 4.33. The minimum Gasteiger partial charge on any atom is -0.396 e.